The summed E-state index contributed by atoms with van der Waals surface area (Å²) in [6.07, 6.45) is 1.11. The molecule has 3 rings (SSSR count). The lowest BCUT2D eigenvalue weighted by Gasteiger charge is -2.16. The van der Waals surface area contributed by atoms with Crippen molar-refractivity contribution in [1.29, 1.82) is 0 Å². The van der Waals surface area contributed by atoms with Crippen LogP contribution in [-0.4, -0.2) is 51.2 Å². The van der Waals surface area contributed by atoms with E-state index in [1.165, 1.54) is 15.6 Å². The van der Waals surface area contributed by atoms with Crippen molar-refractivity contribution < 1.29 is 9.53 Å². The molecule has 0 unspecified atom stereocenters. The van der Waals surface area contributed by atoms with Crippen LogP contribution < -0.4 is 5.32 Å². The first kappa shape index (κ1) is 15.5. The Kier molecular flexibility index (Phi) is 4.76. The lowest BCUT2D eigenvalue weighted by molar-refractivity contribution is 0.0966. The summed E-state index contributed by atoms with van der Waals surface area (Å²) in [5.41, 5.74) is 1.24. The van der Waals surface area contributed by atoms with E-state index in [0.717, 1.165) is 37.5 Å². The molecule has 1 amide bonds. The summed E-state index contributed by atoms with van der Waals surface area (Å²) in [6, 6.07) is 8.35. The van der Waals surface area contributed by atoms with Crippen molar-refractivity contribution in [2.45, 2.75) is 12.3 Å². The van der Waals surface area contributed by atoms with E-state index in [0.29, 0.717) is 5.92 Å². The Morgan fingerprint density at radius 1 is 1.45 bits per heavy atom. The molecule has 1 aromatic carbocycles. The van der Waals surface area contributed by atoms with Crippen LogP contribution in [-0.2, 0) is 4.74 Å². The predicted octanol–water partition coefficient (Wildman–Crippen LogP) is 2.70. The normalized spacial score (nSPS) is 18.9. The van der Waals surface area contributed by atoms with Crippen molar-refractivity contribution in [2.75, 3.05) is 40.4 Å². The first-order valence-electron chi connectivity index (χ1n) is 7.69. The molecule has 0 spiro atoms. The van der Waals surface area contributed by atoms with Gasteiger partial charge in [-0.3, -0.25) is 4.79 Å². The predicted molar refractivity (Wildman–Crippen MR) is 90.9 cm³/mol. The van der Waals surface area contributed by atoms with Crippen LogP contribution in [0.1, 0.15) is 27.6 Å². The van der Waals surface area contributed by atoms with Gasteiger partial charge >= 0.3 is 0 Å². The Balaban J connectivity index is 1.93. The Hall–Kier alpha value is -1.43. The van der Waals surface area contributed by atoms with Gasteiger partial charge in [0.2, 0.25) is 0 Å². The van der Waals surface area contributed by atoms with Gasteiger partial charge in [-0.15, -0.1) is 11.3 Å². The highest BCUT2D eigenvalue weighted by Gasteiger charge is 2.30. The number of thiophene rings is 1. The van der Waals surface area contributed by atoms with Gasteiger partial charge in [-0.1, -0.05) is 18.2 Å². The third kappa shape index (κ3) is 2.89. The first-order chi connectivity index (χ1) is 10.7. The van der Waals surface area contributed by atoms with E-state index in [4.69, 9.17) is 4.74 Å². The fraction of sp³-hybridized carbons (Fsp3) is 0.471. The molecule has 0 radical (unpaired) electrons. The molecule has 2 aromatic rings. The molecular formula is C17H22N2O2S. The lowest BCUT2D eigenvalue weighted by Crippen LogP contribution is -2.25. The minimum atomic E-state index is 0.0338. The number of nitrogens with zero attached hydrogens (tertiary/aromatic N) is 1. The number of fused-ring (bicyclic) bond motifs is 1. The molecule has 1 aliphatic heterocycles. The number of nitrogens with one attached hydrogen (secondary N) is 1. The molecule has 0 saturated carbocycles. The van der Waals surface area contributed by atoms with Crippen molar-refractivity contribution >= 4 is 27.3 Å². The van der Waals surface area contributed by atoms with E-state index in [9.17, 15) is 4.79 Å². The van der Waals surface area contributed by atoms with Gasteiger partial charge in [0, 0.05) is 37.9 Å². The van der Waals surface area contributed by atoms with Crippen LogP contribution in [0.15, 0.2) is 24.3 Å². The Morgan fingerprint density at radius 3 is 3.05 bits per heavy atom. The molecule has 0 aliphatic carbocycles. The molecule has 1 aromatic heterocycles. The SMILES string of the molecule is CNC(=O)c1sc2ccccc2c1[C@H]1CCN(CCOC)C1. The second-order valence-corrected chi connectivity index (χ2v) is 6.75. The maximum Gasteiger partial charge on any atom is 0.261 e. The van der Waals surface area contributed by atoms with Gasteiger partial charge in [-0.25, -0.2) is 0 Å². The number of carbonyl (C=O) groups is 1. The lowest BCUT2D eigenvalue weighted by atomic mass is 9.95. The molecule has 1 atom stereocenters. The van der Waals surface area contributed by atoms with Crippen LogP contribution >= 0.6 is 11.3 Å². The third-order valence-corrected chi connectivity index (χ3v) is 5.54. The Morgan fingerprint density at radius 2 is 2.27 bits per heavy atom. The topological polar surface area (TPSA) is 41.6 Å². The van der Waals surface area contributed by atoms with Gasteiger partial charge in [-0.05, 0) is 30.0 Å². The van der Waals surface area contributed by atoms with Crippen molar-refractivity contribution in [2.24, 2.45) is 0 Å². The van der Waals surface area contributed by atoms with E-state index in [2.05, 4.69) is 28.4 Å². The van der Waals surface area contributed by atoms with E-state index in [-0.39, 0.29) is 5.91 Å². The van der Waals surface area contributed by atoms with Gasteiger partial charge in [0.25, 0.3) is 5.91 Å². The number of rotatable bonds is 5. The zero-order valence-corrected chi connectivity index (χ0v) is 13.9. The number of methoxy groups -OCH3 is 1. The molecule has 118 valence electrons. The molecule has 1 saturated heterocycles. The minimum absolute atomic E-state index is 0.0338. The molecule has 1 N–H and O–H groups in total. The van der Waals surface area contributed by atoms with Gasteiger partial charge in [0.1, 0.15) is 0 Å². The van der Waals surface area contributed by atoms with Crippen molar-refractivity contribution in [3.63, 3.8) is 0 Å². The molecule has 0 bridgehead atoms. The van der Waals surface area contributed by atoms with E-state index < -0.39 is 0 Å². The number of likely N-dealkylation sites (tertiary alicyclic amines) is 1. The summed E-state index contributed by atoms with van der Waals surface area (Å²) in [6.45, 7) is 3.81. The summed E-state index contributed by atoms with van der Waals surface area (Å²) < 4.78 is 6.38. The molecule has 1 aliphatic rings. The second-order valence-electron chi connectivity index (χ2n) is 5.70. The highest BCUT2D eigenvalue weighted by molar-refractivity contribution is 7.21. The van der Waals surface area contributed by atoms with Crippen LogP contribution in [0.4, 0.5) is 0 Å². The Labute approximate surface area is 135 Å². The van der Waals surface area contributed by atoms with Crippen LogP contribution in [0.3, 0.4) is 0 Å². The maximum absolute atomic E-state index is 12.3. The first-order valence-corrected chi connectivity index (χ1v) is 8.51. The summed E-state index contributed by atoms with van der Waals surface area (Å²) in [5.74, 6) is 0.465. The van der Waals surface area contributed by atoms with E-state index >= 15 is 0 Å². The van der Waals surface area contributed by atoms with Crippen molar-refractivity contribution in [1.82, 2.24) is 10.2 Å². The van der Waals surface area contributed by atoms with E-state index in [1.54, 1.807) is 25.5 Å². The quantitative estimate of drug-likeness (QED) is 0.921. The molecule has 5 heteroatoms. The zero-order chi connectivity index (χ0) is 15.5. The van der Waals surface area contributed by atoms with Crippen molar-refractivity contribution in [3.8, 4) is 0 Å². The number of carbonyl (C=O) groups excluding carboxylic acids is 1. The Bertz CT molecular complexity index is 668. The summed E-state index contributed by atoms with van der Waals surface area (Å²) in [7, 11) is 3.44. The molecule has 4 nitrogen and oxygen atoms in total. The summed E-state index contributed by atoms with van der Waals surface area (Å²) in [5, 5.41) is 4.03. The average Bonchev–Trinajstić information content (AvgIpc) is 3.15. The third-order valence-electron chi connectivity index (χ3n) is 4.36. The zero-order valence-electron chi connectivity index (χ0n) is 13.1. The van der Waals surface area contributed by atoms with Gasteiger partial charge in [0.15, 0.2) is 0 Å². The summed E-state index contributed by atoms with van der Waals surface area (Å²) in [4.78, 5) is 15.6. The molecule has 22 heavy (non-hydrogen) atoms. The number of benzene rings is 1. The van der Waals surface area contributed by atoms with Crippen LogP contribution in [0, 0.1) is 0 Å². The van der Waals surface area contributed by atoms with E-state index in [1.807, 2.05) is 6.07 Å². The largest absolute Gasteiger partial charge is 0.383 e. The molecule has 1 fully saturated rings. The van der Waals surface area contributed by atoms with Gasteiger partial charge in [-0.2, -0.15) is 0 Å². The number of amides is 1. The smallest absolute Gasteiger partial charge is 0.261 e. The highest BCUT2D eigenvalue weighted by atomic mass is 32.1. The summed E-state index contributed by atoms with van der Waals surface area (Å²) >= 11 is 1.61. The second kappa shape index (κ2) is 6.77. The number of ether oxygens (including phenoxy) is 1. The van der Waals surface area contributed by atoms with Gasteiger partial charge in [0.05, 0.1) is 11.5 Å². The minimum Gasteiger partial charge on any atom is -0.383 e. The van der Waals surface area contributed by atoms with Crippen molar-refractivity contribution in [3.05, 3.63) is 34.7 Å². The molecular weight excluding hydrogens is 296 g/mol. The number of hydrogen-bond acceptors (Lipinski definition) is 4. The standard InChI is InChI=1S/C17H22N2O2S/c1-18-17(20)16-15(13-5-3-4-6-14(13)22-16)12-7-8-19(11-12)9-10-21-2/h3-6,12H,7-11H2,1-2H3,(H,18,20)/t12-/m0/s1. The van der Waals surface area contributed by atoms with Crippen LogP contribution in [0.5, 0.6) is 0 Å². The number of hydrogen-bond donors (Lipinski definition) is 1. The maximum atomic E-state index is 12.3. The van der Waals surface area contributed by atoms with Crippen LogP contribution in [0.2, 0.25) is 0 Å². The average molecular weight is 318 g/mol. The molecule has 2 heterocycles. The van der Waals surface area contributed by atoms with Crippen LogP contribution in [0.25, 0.3) is 10.1 Å². The van der Waals surface area contributed by atoms with Gasteiger partial charge < -0.3 is 15.0 Å². The highest BCUT2D eigenvalue weighted by Crippen LogP contribution is 2.39. The monoisotopic (exact) mass is 318 g/mol. The fourth-order valence-corrected chi connectivity index (χ4v) is 4.48. The fourth-order valence-electron chi connectivity index (χ4n) is 3.24.